The number of piperazine rings is 1. The van der Waals surface area contributed by atoms with Gasteiger partial charge in [-0.15, -0.1) is 0 Å². The second-order valence-electron chi connectivity index (χ2n) is 7.28. The highest BCUT2D eigenvalue weighted by molar-refractivity contribution is 6.08. The van der Waals surface area contributed by atoms with Crippen LogP contribution in [-0.2, 0) is 0 Å². The summed E-state index contributed by atoms with van der Waals surface area (Å²) in [7, 11) is 0. The molecule has 0 bridgehead atoms. The summed E-state index contributed by atoms with van der Waals surface area (Å²) in [5.41, 5.74) is 2.05. The molecule has 0 unspecified atom stereocenters. The molecule has 0 saturated carbocycles. The fourth-order valence-corrected chi connectivity index (χ4v) is 3.71. The number of aromatic carboxylic acids is 1. The third-order valence-electron chi connectivity index (χ3n) is 5.36. The van der Waals surface area contributed by atoms with Gasteiger partial charge in [-0.2, -0.15) is 0 Å². The number of carbonyl (C=O) groups is 2. The molecule has 2 N–H and O–H groups in total. The summed E-state index contributed by atoms with van der Waals surface area (Å²) in [6, 6.07) is 20.3. The lowest BCUT2D eigenvalue weighted by Gasteiger charge is -2.37. The molecule has 0 spiro atoms. The minimum atomic E-state index is -1.12. The predicted molar refractivity (Wildman–Crippen MR) is 119 cm³/mol. The molecule has 0 atom stereocenters. The molecule has 4 rings (SSSR count). The molecule has 1 saturated heterocycles. The number of carboxylic acid groups (broad SMARTS) is 1. The first kappa shape index (κ1) is 20.4. The van der Waals surface area contributed by atoms with Crippen LogP contribution in [0.15, 0.2) is 72.8 Å². The number of carbonyl (C=O) groups excluding carboxylic acids is 1. The van der Waals surface area contributed by atoms with Crippen molar-refractivity contribution in [1.29, 1.82) is 0 Å². The zero-order chi connectivity index (χ0) is 21.8. The lowest BCUT2D eigenvalue weighted by molar-refractivity contribution is 0.0698. The van der Waals surface area contributed by atoms with Crippen molar-refractivity contribution in [2.75, 3.05) is 41.3 Å². The number of halogens is 1. The number of carboxylic acids is 1. The fraction of sp³-hybridized carbons (Fsp3) is 0.167. The van der Waals surface area contributed by atoms with Gasteiger partial charge in [-0.25, -0.2) is 9.18 Å². The molecule has 158 valence electrons. The number of para-hydroxylation sites is 1. The molecule has 1 aliphatic heterocycles. The van der Waals surface area contributed by atoms with Crippen molar-refractivity contribution in [3.63, 3.8) is 0 Å². The molecular weight excluding hydrogens is 397 g/mol. The van der Waals surface area contributed by atoms with Crippen LogP contribution in [0, 0.1) is 5.82 Å². The van der Waals surface area contributed by atoms with Gasteiger partial charge in [0.15, 0.2) is 0 Å². The molecule has 1 amide bonds. The standard InChI is InChI=1S/C24H22FN3O3/c25-20-8-4-5-9-22(20)28-14-12-27(13-15-28)18-10-11-21(19(16-18)24(30)31)26-23(29)17-6-2-1-3-7-17/h1-11,16H,12-15H2,(H,26,29)(H,30,31). The van der Waals surface area contributed by atoms with Crippen molar-refractivity contribution in [3.05, 3.63) is 89.7 Å². The van der Waals surface area contributed by atoms with E-state index >= 15 is 0 Å². The Morgan fingerprint density at radius 1 is 0.839 bits per heavy atom. The van der Waals surface area contributed by atoms with Crippen LogP contribution < -0.4 is 15.1 Å². The third kappa shape index (κ3) is 4.50. The normalized spacial score (nSPS) is 13.7. The Kier molecular flexibility index (Phi) is 5.84. The summed E-state index contributed by atoms with van der Waals surface area (Å²) >= 11 is 0. The molecule has 1 fully saturated rings. The van der Waals surface area contributed by atoms with Crippen molar-refractivity contribution in [1.82, 2.24) is 0 Å². The van der Waals surface area contributed by atoms with E-state index in [1.54, 1.807) is 60.7 Å². The lowest BCUT2D eigenvalue weighted by atomic mass is 10.1. The highest BCUT2D eigenvalue weighted by Gasteiger charge is 2.21. The average molecular weight is 419 g/mol. The van der Waals surface area contributed by atoms with Gasteiger partial charge in [0.1, 0.15) is 5.82 Å². The van der Waals surface area contributed by atoms with Crippen LogP contribution in [0.2, 0.25) is 0 Å². The number of amides is 1. The topological polar surface area (TPSA) is 72.9 Å². The quantitative estimate of drug-likeness (QED) is 0.651. The predicted octanol–water partition coefficient (Wildman–Crippen LogP) is 4.10. The van der Waals surface area contributed by atoms with Crippen molar-refractivity contribution >= 4 is 28.9 Å². The summed E-state index contributed by atoms with van der Waals surface area (Å²) in [5, 5.41) is 12.4. The zero-order valence-corrected chi connectivity index (χ0v) is 16.8. The van der Waals surface area contributed by atoms with Gasteiger partial charge in [0.2, 0.25) is 0 Å². The maximum absolute atomic E-state index is 14.1. The van der Waals surface area contributed by atoms with E-state index in [2.05, 4.69) is 10.2 Å². The van der Waals surface area contributed by atoms with E-state index in [9.17, 15) is 19.1 Å². The molecule has 0 aliphatic carbocycles. The molecule has 0 radical (unpaired) electrons. The van der Waals surface area contributed by atoms with E-state index in [1.165, 1.54) is 6.07 Å². The summed E-state index contributed by atoms with van der Waals surface area (Å²) in [5.74, 6) is -1.73. The number of hydrogen-bond acceptors (Lipinski definition) is 4. The van der Waals surface area contributed by atoms with Crippen molar-refractivity contribution in [2.45, 2.75) is 0 Å². The number of benzene rings is 3. The second-order valence-corrected chi connectivity index (χ2v) is 7.28. The van der Waals surface area contributed by atoms with Crippen molar-refractivity contribution in [2.24, 2.45) is 0 Å². The number of hydrogen-bond donors (Lipinski definition) is 2. The number of anilines is 3. The Balaban J connectivity index is 1.49. The van der Waals surface area contributed by atoms with Crippen molar-refractivity contribution < 1.29 is 19.1 Å². The molecule has 31 heavy (non-hydrogen) atoms. The van der Waals surface area contributed by atoms with Crippen LogP contribution in [0.1, 0.15) is 20.7 Å². The van der Waals surface area contributed by atoms with Crippen LogP contribution in [0.5, 0.6) is 0 Å². The highest BCUT2D eigenvalue weighted by atomic mass is 19.1. The van der Waals surface area contributed by atoms with Crippen LogP contribution in [0.4, 0.5) is 21.5 Å². The van der Waals surface area contributed by atoms with E-state index in [1.807, 2.05) is 11.0 Å². The van der Waals surface area contributed by atoms with E-state index in [0.29, 0.717) is 37.4 Å². The van der Waals surface area contributed by atoms with E-state index < -0.39 is 5.97 Å². The van der Waals surface area contributed by atoms with Gasteiger partial charge in [-0.3, -0.25) is 4.79 Å². The average Bonchev–Trinajstić information content (AvgIpc) is 2.80. The number of nitrogens with one attached hydrogen (secondary N) is 1. The largest absolute Gasteiger partial charge is 0.478 e. The van der Waals surface area contributed by atoms with Gasteiger partial charge >= 0.3 is 5.97 Å². The maximum Gasteiger partial charge on any atom is 0.337 e. The summed E-state index contributed by atoms with van der Waals surface area (Å²) in [4.78, 5) is 28.3. The van der Waals surface area contributed by atoms with Gasteiger partial charge in [0.25, 0.3) is 5.91 Å². The van der Waals surface area contributed by atoms with Crippen LogP contribution in [0.25, 0.3) is 0 Å². The van der Waals surface area contributed by atoms with Gasteiger partial charge < -0.3 is 20.2 Å². The maximum atomic E-state index is 14.1. The van der Waals surface area contributed by atoms with E-state index in [4.69, 9.17) is 0 Å². The molecule has 3 aromatic rings. The molecule has 3 aromatic carbocycles. The summed E-state index contributed by atoms with van der Waals surface area (Å²) in [6.45, 7) is 2.50. The number of rotatable bonds is 5. The van der Waals surface area contributed by atoms with Gasteiger partial charge in [-0.05, 0) is 42.5 Å². The van der Waals surface area contributed by atoms with Crippen LogP contribution in [-0.4, -0.2) is 43.2 Å². The van der Waals surface area contributed by atoms with Crippen molar-refractivity contribution in [3.8, 4) is 0 Å². The van der Waals surface area contributed by atoms with Crippen LogP contribution in [0.3, 0.4) is 0 Å². The first-order valence-corrected chi connectivity index (χ1v) is 10.0. The zero-order valence-electron chi connectivity index (χ0n) is 16.8. The molecule has 6 nitrogen and oxygen atoms in total. The first-order chi connectivity index (χ1) is 15.0. The Bertz CT molecular complexity index is 1100. The lowest BCUT2D eigenvalue weighted by Crippen LogP contribution is -2.46. The summed E-state index contributed by atoms with van der Waals surface area (Å²) < 4.78 is 14.1. The van der Waals surface area contributed by atoms with E-state index in [-0.39, 0.29) is 23.0 Å². The molecule has 1 heterocycles. The Hall–Kier alpha value is -3.87. The minimum absolute atomic E-state index is 0.0262. The third-order valence-corrected chi connectivity index (χ3v) is 5.36. The highest BCUT2D eigenvalue weighted by Crippen LogP contribution is 2.27. The fourth-order valence-electron chi connectivity index (χ4n) is 3.71. The minimum Gasteiger partial charge on any atom is -0.478 e. The Morgan fingerprint density at radius 2 is 1.48 bits per heavy atom. The van der Waals surface area contributed by atoms with Gasteiger partial charge in [0, 0.05) is 37.4 Å². The molecule has 7 heteroatoms. The van der Waals surface area contributed by atoms with Gasteiger partial charge in [0.05, 0.1) is 16.9 Å². The SMILES string of the molecule is O=C(Nc1ccc(N2CCN(c3ccccc3F)CC2)cc1C(=O)O)c1ccccc1. The molecule has 0 aromatic heterocycles. The summed E-state index contributed by atoms with van der Waals surface area (Å²) in [6.07, 6.45) is 0. The molecular formula is C24H22FN3O3. The monoisotopic (exact) mass is 419 g/mol. The second kappa shape index (κ2) is 8.87. The Labute approximate surface area is 179 Å². The van der Waals surface area contributed by atoms with Gasteiger partial charge in [-0.1, -0.05) is 30.3 Å². The van der Waals surface area contributed by atoms with E-state index in [0.717, 1.165) is 5.69 Å². The smallest absolute Gasteiger partial charge is 0.337 e. The number of nitrogens with zero attached hydrogens (tertiary/aromatic N) is 2. The first-order valence-electron chi connectivity index (χ1n) is 10.0. The van der Waals surface area contributed by atoms with Crippen LogP contribution >= 0.6 is 0 Å². The molecule has 1 aliphatic rings. The Morgan fingerprint density at radius 3 is 2.16 bits per heavy atom.